The Labute approximate surface area is 178 Å². The van der Waals surface area contributed by atoms with Crippen molar-refractivity contribution in [2.24, 2.45) is 5.73 Å². The summed E-state index contributed by atoms with van der Waals surface area (Å²) in [5.74, 6) is 0. The van der Waals surface area contributed by atoms with Crippen LogP contribution in [0.3, 0.4) is 0 Å². The Morgan fingerprint density at radius 1 is 0.733 bits per heavy atom. The van der Waals surface area contributed by atoms with E-state index in [0.717, 1.165) is 11.3 Å². The highest BCUT2D eigenvalue weighted by Crippen LogP contribution is 2.54. The average Bonchev–Trinajstić information content (AvgIpc) is 3.02. The van der Waals surface area contributed by atoms with Gasteiger partial charge in [0.15, 0.2) is 0 Å². The SMILES string of the molecule is CC1(C)c2ccccc2-c2ccc(-c3ccccc3)c(Nc3cccc(CN)c3)c21. The lowest BCUT2D eigenvalue weighted by molar-refractivity contribution is 0.662. The van der Waals surface area contributed by atoms with Gasteiger partial charge in [0.05, 0.1) is 5.69 Å². The van der Waals surface area contributed by atoms with Gasteiger partial charge in [-0.1, -0.05) is 92.7 Å². The number of nitrogens with one attached hydrogen (secondary N) is 1. The fraction of sp³-hybridized carbons (Fsp3) is 0.143. The third kappa shape index (κ3) is 2.92. The summed E-state index contributed by atoms with van der Waals surface area (Å²) in [7, 11) is 0. The van der Waals surface area contributed by atoms with Crippen molar-refractivity contribution in [2.75, 3.05) is 5.32 Å². The monoisotopic (exact) mass is 390 g/mol. The van der Waals surface area contributed by atoms with Crippen molar-refractivity contribution in [1.29, 1.82) is 0 Å². The largest absolute Gasteiger partial charge is 0.355 e. The maximum absolute atomic E-state index is 5.90. The van der Waals surface area contributed by atoms with E-state index in [1.807, 2.05) is 0 Å². The summed E-state index contributed by atoms with van der Waals surface area (Å²) in [6, 6.07) is 32.3. The first-order valence-electron chi connectivity index (χ1n) is 10.5. The van der Waals surface area contributed by atoms with Crippen LogP contribution in [0.1, 0.15) is 30.5 Å². The Morgan fingerprint density at radius 2 is 1.47 bits per heavy atom. The second-order valence-electron chi connectivity index (χ2n) is 8.48. The molecule has 0 aliphatic heterocycles. The quantitative estimate of drug-likeness (QED) is 0.399. The lowest BCUT2D eigenvalue weighted by atomic mass is 9.80. The highest BCUT2D eigenvalue weighted by Gasteiger charge is 2.38. The van der Waals surface area contributed by atoms with E-state index in [2.05, 4.69) is 110 Å². The molecule has 0 amide bonds. The predicted molar refractivity (Wildman–Crippen MR) is 127 cm³/mol. The molecule has 0 fully saturated rings. The maximum Gasteiger partial charge on any atom is 0.0511 e. The van der Waals surface area contributed by atoms with Gasteiger partial charge in [0.2, 0.25) is 0 Å². The van der Waals surface area contributed by atoms with Crippen molar-refractivity contribution in [1.82, 2.24) is 0 Å². The number of benzene rings is 4. The zero-order valence-corrected chi connectivity index (χ0v) is 17.4. The van der Waals surface area contributed by atoms with E-state index in [1.165, 1.54) is 39.1 Å². The maximum atomic E-state index is 5.90. The van der Waals surface area contributed by atoms with Crippen molar-refractivity contribution < 1.29 is 0 Å². The molecule has 0 unspecified atom stereocenters. The van der Waals surface area contributed by atoms with Gasteiger partial charge in [0.1, 0.15) is 0 Å². The van der Waals surface area contributed by atoms with Crippen LogP contribution in [0, 0.1) is 0 Å². The van der Waals surface area contributed by atoms with E-state index in [1.54, 1.807) is 0 Å². The molecule has 4 aromatic rings. The van der Waals surface area contributed by atoms with E-state index < -0.39 is 0 Å². The minimum absolute atomic E-state index is 0.0927. The Morgan fingerprint density at radius 3 is 2.27 bits per heavy atom. The van der Waals surface area contributed by atoms with Gasteiger partial charge in [-0.2, -0.15) is 0 Å². The van der Waals surface area contributed by atoms with Gasteiger partial charge in [-0.15, -0.1) is 0 Å². The van der Waals surface area contributed by atoms with E-state index >= 15 is 0 Å². The average molecular weight is 391 g/mol. The zero-order valence-electron chi connectivity index (χ0n) is 17.4. The smallest absolute Gasteiger partial charge is 0.0511 e. The molecule has 5 rings (SSSR count). The van der Waals surface area contributed by atoms with Crippen LogP contribution in [0.5, 0.6) is 0 Å². The molecule has 0 spiro atoms. The normalized spacial score (nSPS) is 13.6. The van der Waals surface area contributed by atoms with Crippen molar-refractivity contribution in [3.63, 3.8) is 0 Å². The number of rotatable bonds is 4. The molecule has 4 aromatic carbocycles. The summed E-state index contributed by atoms with van der Waals surface area (Å²) in [4.78, 5) is 0. The van der Waals surface area contributed by atoms with Crippen molar-refractivity contribution in [2.45, 2.75) is 25.8 Å². The Hall–Kier alpha value is -3.36. The van der Waals surface area contributed by atoms with Crippen molar-refractivity contribution in [3.05, 3.63) is 108 Å². The predicted octanol–water partition coefficient (Wildman–Crippen LogP) is 6.86. The minimum atomic E-state index is -0.0927. The van der Waals surface area contributed by atoms with Gasteiger partial charge >= 0.3 is 0 Å². The Bertz CT molecular complexity index is 1220. The number of hydrogen-bond donors (Lipinski definition) is 2. The summed E-state index contributed by atoms with van der Waals surface area (Å²) >= 11 is 0. The molecule has 0 bridgehead atoms. The fourth-order valence-electron chi connectivity index (χ4n) is 4.78. The molecule has 0 saturated heterocycles. The fourth-order valence-corrected chi connectivity index (χ4v) is 4.78. The van der Waals surface area contributed by atoms with Crippen LogP contribution in [0.4, 0.5) is 11.4 Å². The highest BCUT2D eigenvalue weighted by molar-refractivity contribution is 5.94. The molecule has 0 saturated carbocycles. The van der Waals surface area contributed by atoms with Gasteiger partial charge in [0, 0.05) is 23.2 Å². The highest BCUT2D eigenvalue weighted by atomic mass is 14.9. The Kier molecular flexibility index (Phi) is 4.45. The van der Waals surface area contributed by atoms with Gasteiger partial charge in [-0.3, -0.25) is 0 Å². The van der Waals surface area contributed by atoms with Gasteiger partial charge in [-0.05, 0) is 45.5 Å². The van der Waals surface area contributed by atoms with Gasteiger partial charge < -0.3 is 11.1 Å². The molecule has 0 aromatic heterocycles. The molecule has 148 valence electrons. The van der Waals surface area contributed by atoms with Crippen LogP contribution in [-0.2, 0) is 12.0 Å². The summed E-state index contributed by atoms with van der Waals surface area (Å²) in [6.45, 7) is 5.19. The topological polar surface area (TPSA) is 38.0 Å². The van der Waals surface area contributed by atoms with Crippen LogP contribution >= 0.6 is 0 Å². The number of anilines is 2. The van der Waals surface area contributed by atoms with Crippen LogP contribution < -0.4 is 11.1 Å². The molecule has 0 radical (unpaired) electrons. The second-order valence-corrected chi connectivity index (χ2v) is 8.48. The van der Waals surface area contributed by atoms with E-state index in [0.29, 0.717) is 6.54 Å². The lowest BCUT2D eigenvalue weighted by Gasteiger charge is -2.27. The third-order valence-electron chi connectivity index (χ3n) is 6.24. The molecular formula is C28H26N2. The first-order chi connectivity index (χ1) is 14.6. The first-order valence-corrected chi connectivity index (χ1v) is 10.5. The van der Waals surface area contributed by atoms with Gasteiger partial charge in [0.25, 0.3) is 0 Å². The summed E-state index contributed by atoms with van der Waals surface area (Å²) in [6.07, 6.45) is 0. The van der Waals surface area contributed by atoms with Crippen molar-refractivity contribution >= 4 is 11.4 Å². The van der Waals surface area contributed by atoms with Crippen LogP contribution in [0.2, 0.25) is 0 Å². The summed E-state index contributed by atoms with van der Waals surface area (Å²) < 4.78 is 0. The van der Waals surface area contributed by atoms with E-state index in [9.17, 15) is 0 Å². The van der Waals surface area contributed by atoms with Crippen LogP contribution in [0.15, 0.2) is 91.0 Å². The molecule has 3 N–H and O–H groups in total. The van der Waals surface area contributed by atoms with E-state index in [4.69, 9.17) is 5.73 Å². The molecule has 30 heavy (non-hydrogen) atoms. The first kappa shape index (κ1) is 18.7. The zero-order chi connectivity index (χ0) is 20.7. The molecule has 2 heteroatoms. The lowest BCUT2D eigenvalue weighted by Crippen LogP contribution is -2.17. The number of hydrogen-bond acceptors (Lipinski definition) is 2. The standard InChI is InChI=1S/C28H26N2/c1-28(2)25-14-7-6-13-23(25)24-16-15-22(20-10-4-3-5-11-20)27(26(24)28)30-21-12-8-9-19(17-21)18-29/h3-17,30H,18,29H2,1-2H3. The number of fused-ring (bicyclic) bond motifs is 3. The summed E-state index contributed by atoms with van der Waals surface area (Å²) in [5, 5.41) is 3.78. The second kappa shape index (κ2) is 7.16. The molecule has 1 aliphatic rings. The molecule has 1 aliphatic carbocycles. The van der Waals surface area contributed by atoms with Gasteiger partial charge in [-0.25, -0.2) is 0 Å². The van der Waals surface area contributed by atoms with Crippen LogP contribution in [0.25, 0.3) is 22.3 Å². The molecule has 0 heterocycles. The van der Waals surface area contributed by atoms with Crippen LogP contribution in [-0.4, -0.2) is 0 Å². The Balaban J connectivity index is 1.76. The van der Waals surface area contributed by atoms with E-state index in [-0.39, 0.29) is 5.41 Å². The minimum Gasteiger partial charge on any atom is -0.355 e. The third-order valence-corrected chi connectivity index (χ3v) is 6.24. The number of nitrogens with two attached hydrogens (primary N) is 1. The molecular weight excluding hydrogens is 364 g/mol. The molecule has 2 nitrogen and oxygen atoms in total. The summed E-state index contributed by atoms with van der Waals surface area (Å²) in [5.41, 5.74) is 17.0. The molecule has 0 atom stereocenters. The van der Waals surface area contributed by atoms with Crippen molar-refractivity contribution in [3.8, 4) is 22.3 Å².